The topological polar surface area (TPSA) is 74.1 Å². The predicted octanol–water partition coefficient (Wildman–Crippen LogP) is 2.11. The van der Waals surface area contributed by atoms with Gasteiger partial charge in [-0.15, -0.1) is 0 Å². The molecule has 2 aromatic rings. The lowest BCUT2D eigenvalue weighted by molar-refractivity contribution is 0.0593. The van der Waals surface area contributed by atoms with Gasteiger partial charge in [-0.25, -0.2) is 15.0 Å². The summed E-state index contributed by atoms with van der Waals surface area (Å²) in [6.45, 7) is 3.78. The van der Waals surface area contributed by atoms with E-state index in [1.165, 1.54) is 0 Å². The van der Waals surface area contributed by atoms with Crippen LogP contribution in [0.5, 0.6) is 0 Å². The van der Waals surface area contributed by atoms with E-state index < -0.39 is 0 Å². The number of anilines is 1. The molecule has 118 valence electrons. The lowest BCUT2D eigenvalue weighted by Gasteiger charge is -2.20. The molecule has 0 radical (unpaired) electrons. The van der Waals surface area contributed by atoms with Crippen LogP contribution in [-0.4, -0.2) is 44.9 Å². The fourth-order valence-corrected chi connectivity index (χ4v) is 3.25. The molecule has 4 rings (SSSR count). The van der Waals surface area contributed by atoms with Gasteiger partial charge < -0.3 is 14.8 Å². The van der Waals surface area contributed by atoms with Gasteiger partial charge in [-0.3, -0.25) is 4.57 Å². The highest BCUT2D eigenvalue weighted by molar-refractivity contribution is 5.82. The Morgan fingerprint density at radius 1 is 1.18 bits per heavy atom. The van der Waals surface area contributed by atoms with Gasteiger partial charge in [0.15, 0.2) is 17.0 Å². The Labute approximate surface area is 129 Å². The molecule has 0 spiro atoms. The zero-order valence-corrected chi connectivity index (χ0v) is 12.7. The summed E-state index contributed by atoms with van der Waals surface area (Å²) in [7, 11) is 0. The normalized spacial score (nSPS) is 26.6. The Morgan fingerprint density at radius 3 is 2.82 bits per heavy atom. The van der Waals surface area contributed by atoms with E-state index in [1.54, 1.807) is 12.7 Å². The first-order valence-corrected chi connectivity index (χ1v) is 8.00. The largest absolute Gasteiger partial charge is 0.376 e. The van der Waals surface area contributed by atoms with Crippen LogP contribution >= 0.6 is 0 Å². The van der Waals surface area contributed by atoms with Crippen LogP contribution in [0.1, 0.15) is 38.8 Å². The van der Waals surface area contributed by atoms with Gasteiger partial charge in [0, 0.05) is 13.2 Å². The van der Waals surface area contributed by atoms with Crippen molar-refractivity contribution in [2.75, 3.05) is 18.5 Å². The molecule has 2 aromatic heterocycles. The zero-order valence-electron chi connectivity index (χ0n) is 12.7. The molecule has 22 heavy (non-hydrogen) atoms. The van der Waals surface area contributed by atoms with Gasteiger partial charge >= 0.3 is 0 Å². The minimum atomic E-state index is 0.0448. The molecular formula is C15H21N5O2. The molecular weight excluding hydrogens is 282 g/mol. The van der Waals surface area contributed by atoms with E-state index in [1.807, 2.05) is 4.57 Å². The number of ether oxygens (including phenoxy) is 2. The number of nitrogens with zero attached hydrogens (tertiary/aromatic N) is 4. The van der Waals surface area contributed by atoms with Crippen LogP contribution in [0.4, 0.5) is 5.82 Å². The quantitative estimate of drug-likeness (QED) is 0.932. The summed E-state index contributed by atoms with van der Waals surface area (Å²) in [5.74, 6) is 0.768. The molecule has 2 fully saturated rings. The summed E-state index contributed by atoms with van der Waals surface area (Å²) in [4.78, 5) is 13.3. The van der Waals surface area contributed by atoms with E-state index in [-0.39, 0.29) is 18.4 Å². The molecule has 2 saturated heterocycles. The second-order valence-electron chi connectivity index (χ2n) is 6.00. The lowest BCUT2D eigenvalue weighted by atomic mass is 10.1. The number of hydrogen-bond acceptors (Lipinski definition) is 6. The summed E-state index contributed by atoms with van der Waals surface area (Å²) < 4.78 is 13.5. The van der Waals surface area contributed by atoms with Crippen LogP contribution in [0.25, 0.3) is 11.2 Å². The molecule has 0 saturated carbocycles. The average molecular weight is 303 g/mol. The molecule has 4 heterocycles. The first-order valence-electron chi connectivity index (χ1n) is 8.00. The number of fused-ring (bicyclic) bond motifs is 1. The van der Waals surface area contributed by atoms with Gasteiger partial charge in [0.05, 0.1) is 18.5 Å². The molecule has 2 aliphatic rings. The Kier molecular flexibility index (Phi) is 3.67. The molecule has 7 nitrogen and oxygen atoms in total. The monoisotopic (exact) mass is 303 g/mol. The second kappa shape index (κ2) is 5.81. The third kappa shape index (κ3) is 2.44. The molecule has 0 aliphatic carbocycles. The Bertz CT molecular complexity index is 646. The van der Waals surface area contributed by atoms with Crippen LogP contribution in [0.3, 0.4) is 0 Å². The molecule has 3 unspecified atom stereocenters. The summed E-state index contributed by atoms with van der Waals surface area (Å²) in [5.41, 5.74) is 1.62. The van der Waals surface area contributed by atoms with Gasteiger partial charge in [-0.2, -0.15) is 0 Å². The molecule has 0 aromatic carbocycles. The van der Waals surface area contributed by atoms with Gasteiger partial charge in [-0.1, -0.05) is 0 Å². The fourth-order valence-electron chi connectivity index (χ4n) is 3.25. The van der Waals surface area contributed by atoms with E-state index in [4.69, 9.17) is 9.47 Å². The van der Waals surface area contributed by atoms with Crippen molar-refractivity contribution in [2.24, 2.45) is 0 Å². The summed E-state index contributed by atoms with van der Waals surface area (Å²) in [5, 5.41) is 3.44. The maximum Gasteiger partial charge on any atom is 0.167 e. The van der Waals surface area contributed by atoms with Crippen molar-refractivity contribution in [1.29, 1.82) is 0 Å². The SMILES string of the molecule is CC(Nc1ncnc2c1ncn2C1CCCO1)C1CCCO1. The van der Waals surface area contributed by atoms with Crippen molar-refractivity contribution >= 4 is 17.0 Å². The number of aromatic nitrogens is 4. The molecule has 2 aliphatic heterocycles. The van der Waals surface area contributed by atoms with E-state index in [0.29, 0.717) is 0 Å². The second-order valence-corrected chi connectivity index (χ2v) is 6.00. The van der Waals surface area contributed by atoms with Crippen molar-refractivity contribution in [3.63, 3.8) is 0 Å². The number of imidazole rings is 1. The first-order chi connectivity index (χ1) is 10.8. The average Bonchev–Trinajstić information content (AvgIpc) is 3.27. The standard InChI is InChI=1S/C15H21N5O2/c1-10(11-4-2-6-21-11)19-14-13-15(17-8-16-14)20(9-18-13)12-5-3-7-22-12/h8-12H,2-7H2,1H3,(H,16,17,19). The Hall–Kier alpha value is -1.73. The van der Waals surface area contributed by atoms with Gasteiger partial charge in [0.1, 0.15) is 12.6 Å². The third-order valence-electron chi connectivity index (χ3n) is 4.46. The van der Waals surface area contributed by atoms with E-state index in [2.05, 4.69) is 27.2 Å². The maximum absolute atomic E-state index is 5.73. The van der Waals surface area contributed by atoms with E-state index in [9.17, 15) is 0 Å². The Morgan fingerprint density at radius 2 is 2.05 bits per heavy atom. The van der Waals surface area contributed by atoms with Crippen molar-refractivity contribution < 1.29 is 9.47 Å². The minimum absolute atomic E-state index is 0.0448. The van der Waals surface area contributed by atoms with Crippen molar-refractivity contribution in [3.05, 3.63) is 12.7 Å². The molecule has 1 N–H and O–H groups in total. The number of rotatable bonds is 4. The van der Waals surface area contributed by atoms with Crippen LogP contribution in [0.2, 0.25) is 0 Å². The van der Waals surface area contributed by atoms with Crippen LogP contribution in [0, 0.1) is 0 Å². The first kappa shape index (κ1) is 13.9. The smallest absolute Gasteiger partial charge is 0.167 e. The van der Waals surface area contributed by atoms with Gasteiger partial charge in [0.2, 0.25) is 0 Å². The van der Waals surface area contributed by atoms with Crippen LogP contribution in [-0.2, 0) is 9.47 Å². The minimum Gasteiger partial charge on any atom is -0.376 e. The molecule has 0 bridgehead atoms. The third-order valence-corrected chi connectivity index (χ3v) is 4.46. The van der Waals surface area contributed by atoms with Crippen molar-refractivity contribution in [2.45, 2.75) is 51.0 Å². The van der Waals surface area contributed by atoms with Gasteiger partial charge in [-0.05, 0) is 32.6 Å². The van der Waals surface area contributed by atoms with Crippen molar-refractivity contribution in [1.82, 2.24) is 19.5 Å². The summed E-state index contributed by atoms with van der Waals surface area (Å²) in [6.07, 6.45) is 7.97. The van der Waals surface area contributed by atoms with Crippen molar-refractivity contribution in [3.8, 4) is 0 Å². The van der Waals surface area contributed by atoms with Gasteiger partial charge in [0.25, 0.3) is 0 Å². The molecule has 0 amide bonds. The fraction of sp³-hybridized carbons (Fsp3) is 0.667. The van der Waals surface area contributed by atoms with Crippen LogP contribution < -0.4 is 5.32 Å². The highest BCUT2D eigenvalue weighted by Crippen LogP contribution is 2.28. The Balaban J connectivity index is 1.61. The zero-order chi connectivity index (χ0) is 14.9. The molecule has 3 atom stereocenters. The molecule has 7 heteroatoms. The highest BCUT2D eigenvalue weighted by Gasteiger charge is 2.25. The predicted molar refractivity (Wildman–Crippen MR) is 81.6 cm³/mol. The number of nitrogens with one attached hydrogen (secondary N) is 1. The lowest BCUT2D eigenvalue weighted by Crippen LogP contribution is -2.30. The van der Waals surface area contributed by atoms with E-state index in [0.717, 1.165) is 55.9 Å². The summed E-state index contributed by atoms with van der Waals surface area (Å²) in [6, 6.07) is 0.202. The summed E-state index contributed by atoms with van der Waals surface area (Å²) >= 11 is 0. The number of hydrogen-bond donors (Lipinski definition) is 1. The van der Waals surface area contributed by atoms with Crippen LogP contribution in [0.15, 0.2) is 12.7 Å². The highest BCUT2D eigenvalue weighted by atomic mass is 16.5. The maximum atomic E-state index is 5.73. The van der Waals surface area contributed by atoms with E-state index >= 15 is 0 Å².